The van der Waals surface area contributed by atoms with E-state index < -0.39 is 0 Å². The van der Waals surface area contributed by atoms with Crippen LogP contribution in [0.3, 0.4) is 0 Å². The minimum atomic E-state index is -0.0597. The molecule has 0 saturated heterocycles. The molecule has 0 aliphatic heterocycles. The van der Waals surface area contributed by atoms with Gasteiger partial charge in [-0.25, -0.2) is 0 Å². The van der Waals surface area contributed by atoms with Crippen molar-refractivity contribution < 1.29 is 14.2 Å². The molecule has 0 aliphatic carbocycles. The van der Waals surface area contributed by atoms with Gasteiger partial charge < -0.3 is 14.2 Å². The normalized spacial score (nSPS) is 11.9. The van der Waals surface area contributed by atoms with Gasteiger partial charge in [0.2, 0.25) is 11.8 Å². The third-order valence-corrected chi connectivity index (χ3v) is 5.42. The fourth-order valence-electron chi connectivity index (χ4n) is 3.25. The van der Waals surface area contributed by atoms with Crippen LogP contribution in [0.2, 0.25) is 0 Å². The largest absolute Gasteiger partial charge is 0.496 e. The average molecular weight is 383 g/mol. The Balaban J connectivity index is 2.54. The lowest BCUT2D eigenvalue weighted by Crippen LogP contribution is -2.25. The molecule has 150 valence electrons. The number of para-hydroxylation sites is 1. The smallest absolute Gasteiger partial charge is 0.227 e. The Labute approximate surface area is 167 Å². The van der Waals surface area contributed by atoms with Gasteiger partial charge in [0.25, 0.3) is 0 Å². The summed E-state index contributed by atoms with van der Waals surface area (Å²) in [5.41, 5.74) is 2.40. The highest BCUT2D eigenvalue weighted by Gasteiger charge is 2.30. The SMILES string of the molecule is CCC(C)(CC)c1cccc(OC)c1C(=NC)OC(=N)c1ccccc1OC. The lowest BCUT2D eigenvalue weighted by Gasteiger charge is -2.30. The van der Waals surface area contributed by atoms with Gasteiger partial charge in [0.15, 0.2) is 0 Å². The van der Waals surface area contributed by atoms with Crippen molar-refractivity contribution in [3.8, 4) is 11.5 Å². The molecule has 2 rings (SSSR count). The Morgan fingerprint density at radius 3 is 2.14 bits per heavy atom. The molecule has 0 spiro atoms. The second kappa shape index (κ2) is 9.40. The number of nitrogens with zero attached hydrogens (tertiary/aromatic N) is 1. The molecule has 0 amide bonds. The maximum atomic E-state index is 8.48. The highest BCUT2D eigenvalue weighted by Crippen LogP contribution is 2.37. The van der Waals surface area contributed by atoms with Gasteiger partial charge in [-0.1, -0.05) is 45.0 Å². The van der Waals surface area contributed by atoms with Gasteiger partial charge in [0.1, 0.15) is 11.5 Å². The Hall–Kier alpha value is -2.82. The lowest BCUT2D eigenvalue weighted by atomic mass is 9.75. The summed E-state index contributed by atoms with van der Waals surface area (Å²) in [5.74, 6) is 1.59. The van der Waals surface area contributed by atoms with E-state index in [2.05, 4.69) is 31.8 Å². The second-order valence-electron chi connectivity index (χ2n) is 6.81. The molecular weight excluding hydrogens is 352 g/mol. The number of hydrogen-bond donors (Lipinski definition) is 1. The zero-order valence-corrected chi connectivity index (χ0v) is 17.6. The van der Waals surface area contributed by atoms with Crippen LogP contribution in [0.4, 0.5) is 0 Å². The molecule has 1 N–H and O–H groups in total. The number of rotatable bonds is 7. The zero-order valence-electron chi connectivity index (χ0n) is 17.6. The van der Waals surface area contributed by atoms with Crippen LogP contribution in [0.25, 0.3) is 0 Å². The highest BCUT2D eigenvalue weighted by atomic mass is 16.5. The van der Waals surface area contributed by atoms with Crippen molar-refractivity contribution in [2.24, 2.45) is 4.99 Å². The molecule has 0 fully saturated rings. The van der Waals surface area contributed by atoms with Crippen molar-refractivity contribution in [1.82, 2.24) is 0 Å². The molecule has 5 heteroatoms. The van der Waals surface area contributed by atoms with E-state index in [0.717, 1.165) is 24.0 Å². The topological polar surface area (TPSA) is 63.9 Å². The van der Waals surface area contributed by atoms with Crippen LogP contribution < -0.4 is 9.47 Å². The third kappa shape index (κ3) is 4.19. The summed E-state index contributed by atoms with van der Waals surface area (Å²) in [6, 6.07) is 13.3. The van der Waals surface area contributed by atoms with E-state index in [4.69, 9.17) is 19.6 Å². The molecule has 0 radical (unpaired) electrons. The standard InChI is InChI=1S/C23H30N2O3/c1-7-23(3,8-2)17-13-11-15-19(27-6)20(17)22(25-4)28-21(24)16-12-9-10-14-18(16)26-5/h9-15,24H,7-8H2,1-6H3. The molecule has 2 aromatic rings. The number of methoxy groups -OCH3 is 2. The minimum absolute atomic E-state index is 0.0235. The van der Waals surface area contributed by atoms with Gasteiger partial charge >= 0.3 is 0 Å². The summed E-state index contributed by atoms with van der Waals surface area (Å²) in [5, 5.41) is 8.48. The van der Waals surface area contributed by atoms with Crippen LogP contribution in [0.15, 0.2) is 47.5 Å². The predicted octanol–water partition coefficient (Wildman–Crippen LogP) is 5.20. The van der Waals surface area contributed by atoms with E-state index in [9.17, 15) is 0 Å². The summed E-state index contributed by atoms with van der Waals surface area (Å²) >= 11 is 0. The van der Waals surface area contributed by atoms with Crippen molar-refractivity contribution in [1.29, 1.82) is 5.41 Å². The summed E-state index contributed by atoms with van der Waals surface area (Å²) in [6.45, 7) is 6.57. The molecule has 0 unspecified atom stereocenters. The first kappa shape index (κ1) is 21.5. The van der Waals surface area contributed by atoms with E-state index in [0.29, 0.717) is 23.0 Å². The van der Waals surface area contributed by atoms with Gasteiger partial charge in [0.05, 0.1) is 25.3 Å². The fourth-order valence-corrected chi connectivity index (χ4v) is 3.25. The summed E-state index contributed by atoms with van der Waals surface area (Å²) < 4.78 is 16.9. The quantitative estimate of drug-likeness (QED) is 0.529. The molecule has 28 heavy (non-hydrogen) atoms. The van der Waals surface area contributed by atoms with Crippen molar-refractivity contribution >= 4 is 11.8 Å². The van der Waals surface area contributed by atoms with Crippen LogP contribution in [-0.4, -0.2) is 33.1 Å². The first-order chi connectivity index (χ1) is 13.4. The predicted molar refractivity (Wildman–Crippen MR) is 114 cm³/mol. The average Bonchev–Trinajstić information content (AvgIpc) is 2.76. The van der Waals surface area contributed by atoms with E-state index in [1.807, 2.05) is 24.3 Å². The second-order valence-corrected chi connectivity index (χ2v) is 6.81. The van der Waals surface area contributed by atoms with Gasteiger partial charge in [-0.15, -0.1) is 0 Å². The van der Waals surface area contributed by atoms with Crippen LogP contribution in [-0.2, 0) is 10.2 Å². The number of hydrogen-bond acceptors (Lipinski definition) is 5. The van der Waals surface area contributed by atoms with Crippen molar-refractivity contribution in [2.45, 2.75) is 39.0 Å². The molecule has 0 heterocycles. The Bertz CT molecular complexity index is 855. The highest BCUT2D eigenvalue weighted by molar-refractivity contribution is 6.09. The Morgan fingerprint density at radius 2 is 1.57 bits per heavy atom. The minimum Gasteiger partial charge on any atom is -0.496 e. The van der Waals surface area contributed by atoms with Crippen molar-refractivity contribution in [2.75, 3.05) is 21.3 Å². The monoisotopic (exact) mass is 382 g/mol. The number of nitrogens with one attached hydrogen (secondary N) is 1. The Kier molecular flexibility index (Phi) is 7.21. The van der Waals surface area contributed by atoms with Crippen LogP contribution in [0.5, 0.6) is 11.5 Å². The zero-order chi connectivity index (χ0) is 20.7. The molecule has 0 bridgehead atoms. The first-order valence-corrected chi connectivity index (χ1v) is 9.50. The van der Waals surface area contributed by atoms with Crippen LogP contribution in [0, 0.1) is 5.41 Å². The van der Waals surface area contributed by atoms with Crippen molar-refractivity contribution in [3.05, 3.63) is 59.2 Å². The van der Waals surface area contributed by atoms with Crippen molar-refractivity contribution in [3.63, 3.8) is 0 Å². The molecule has 0 atom stereocenters. The van der Waals surface area contributed by atoms with E-state index in [1.54, 1.807) is 33.4 Å². The lowest BCUT2D eigenvalue weighted by molar-refractivity contribution is 0.399. The molecule has 0 saturated carbocycles. The van der Waals surface area contributed by atoms with Crippen LogP contribution >= 0.6 is 0 Å². The van der Waals surface area contributed by atoms with Gasteiger partial charge in [-0.3, -0.25) is 10.4 Å². The first-order valence-electron chi connectivity index (χ1n) is 9.50. The van der Waals surface area contributed by atoms with Gasteiger partial charge in [0, 0.05) is 7.05 Å². The van der Waals surface area contributed by atoms with Gasteiger partial charge in [-0.2, -0.15) is 0 Å². The van der Waals surface area contributed by atoms with E-state index in [-0.39, 0.29) is 11.3 Å². The number of aliphatic imine (C=N–C) groups is 1. The number of ether oxygens (including phenoxy) is 3. The number of benzene rings is 2. The van der Waals surface area contributed by atoms with E-state index >= 15 is 0 Å². The Morgan fingerprint density at radius 1 is 0.964 bits per heavy atom. The third-order valence-electron chi connectivity index (χ3n) is 5.42. The molecule has 2 aromatic carbocycles. The molecule has 0 aromatic heterocycles. The van der Waals surface area contributed by atoms with Crippen LogP contribution in [0.1, 0.15) is 50.3 Å². The molecule has 5 nitrogen and oxygen atoms in total. The van der Waals surface area contributed by atoms with Gasteiger partial charge in [-0.05, 0) is 42.0 Å². The molecule has 0 aliphatic rings. The summed E-state index contributed by atoms with van der Waals surface area (Å²) in [7, 11) is 4.88. The van der Waals surface area contributed by atoms with E-state index in [1.165, 1.54) is 0 Å². The fraction of sp³-hybridized carbons (Fsp3) is 0.391. The summed E-state index contributed by atoms with van der Waals surface area (Å²) in [6.07, 6.45) is 1.93. The maximum Gasteiger partial charge on any atom is 0.227 e. The molecular formula is C23H30N2O3. The summed E-state index contributed by atoms with van der Waals surface area (Å²) in [4.78, 5) is 4.36. The maximum absolute atomic E-state index is 8.48.